The maximum absolute atomic E-state index is 12.2. The number of rotatable bonds is 5. The number of hydrogen-bond acceptors (Lipinski definition) is 4. The van der Waals surface area contributed by atoms with Gasteiger partial charge in [0.1, 0.15) is 0 Å². The zero-order valence-corrected chi connectivity index (χ0v) is 12.0. The highest BCUT2D eigenvalue weighted by Gasteiger charge is 2.29. The lowest BCUT2D eigenvalue weighted by Gasteiger charge is -2.16. The van der Waals surface area contributed by atoms with E-state index < -0.39 is 10.0 Å². The highest BCUT2D eigenvalue weighted by molar-refractivity contribution is 7.89. The Hall–Kier alpha value is -1.11. The molecule has 5 nitrogen and oxygen atoms in total. The summed E-state index contributed by atoms with van der Waals surface area (Å²) in [7, 11) is -3.47. The summed E-state index contributed by atoms with van der Waals surface area (Å²) in [5.74, 6) is 0. The van der Waals surface area contributed by atoms with Crippen LogP contribution in [0.2, 0.25) is 0 Å². The molecule has 1 aromatic carbocycles. The maximum atomic E-state index is 12.2. The molecule has 2 unspecified atom stereocenters. The number of anilines is 1. The van der Waals surface area contributed by atoms with Crippen LogP contribution in [-0.2, 0) is 14.8 Å². The number of nitrogens with one attached hydrogen (secondary N) is 2. The molecule has 1 aliphatic heterocycles. The third kappa shape index (κ3) is 3.46. The van der Waals surface area contributed by atoms with E-state index in [4.69, 9.17) is 4.74 Å². The van der Waals surface area contributed by atoms with E-state index in [0.29, 0.717) is 6.61 Å². The number of hydrogen-bond donors (Lipinski definition) is 2. The molecule has 1 fully saturated rings. The average Bonchev–Trinajstić information content (AvgIpc) is 2.75. The van der Waals surface area contributed by atoms with Crippen molar-refractivity contribution in [3.8, 4) is 0 Å². The van der Waals surface area contributed by atoms with Crippen LogP contribution in [0.5, 0.6) is 0 Å². The zero-order valence-electron chi connectivity index (χ0n) is 11.2. The highest BCUT2D eigenvalue weighted by Crippen LogP contribution is 2.18. The zero-order chi connectivity index (χ0) is 13.9. The first-order valence-corrected chi connectivity index (χ1v) is 7.99. The minimum absolute atomic E-state index is 0.0733. The summed E-state index contributed by atoms with van der Waals surface area (Å²) in [6, 6.07) is 6.62. The Labute approximate surface area is 114 Å². The fourth-order valence-corrected chi connectivity index (χ4v) is 3.45. The monoisotopic (exact) mass is 284 g/mol. The molecule has 1 saturated heterocycles. The van der Waals surface area contributed by atoms with Gasteiger partial charge < -0.3 is 10.1 Å². The van der Waals surface area contributed by atoms with Crippen LogP contribution in [0.3, 0.4) is 0 Å². The van der Waals surface area contributed by atoms with Crippen LogP contribution in [0.15, 0.2) is 29.2 Å². The van der Waals surface area contributed by atoms with Crippen molar-refractivity contribution >= 4 is 15.7 Å². The quantitative estimate of drug-likeness (QED) is 0.861. The van der Waals surface area contributed by atoms with Crippen LogP contribution >= 0.6 is 0 Å². The van der Waals surface area contributed by atoms with E-state index in [1.165, 1.54) is 0 Å². The summed E-state index contributed by atoms with van der Waals surface area (Å²) >= 11 is 0. The smallest absolute Gasteiger partial charge is 0.240 e. The average molecular weight is 284 g/mol. The van der Waals surface area contributed by atoms with Gasteiger partial charge in [-0.3, -0.25) is 0 Å². The number of benzene rings is 1. The molecule has 2 rings (SSSR count). The highest BCUT2D eigenvalue weighted by atomic mass is 32.2. The van der Waals surface area contributed by atoms with Crippen LogP contribution in [0.4, 0.5) is 5.69 Å². The Morgan fingerprint density at radius 3 is 2.53 bits per heavy atom. The number of sulfonamides is 1. The molecule has 106 valence electrons. The Morgan fingerprint density at radius 1 is 1.32 bits per heavy atom. The molecule has 2 atom stereocenters. The van der Waals surface area contributed by atoms with Gasteiger partial charge in [0.15, 0.2) is 0 Å². The molecule has 0 aromatic heterocycles. The van der Waals surface area contributed by atoms with E-state index in [9.17, 15) is 8.42 Å². The van der Waals surface area contributed by atoms with Gasteiger partial charge in [0.2, 0.25) is 10.0 Å². The summed E-state index contributed by atoms with van der Waals surface area (Å²) in [6.45, 7) is 5.29. The minimum Gasteiger partial charge on any atom is -0.385 e. The summed E-state index contributed by atoms with van der Waals surface area (Å²) in [5, 5.41) is 3.13. The van der Waals surface area contributed by atoms with Gasteiger partial charge >= 0.3 is 0 Å². The molecule has 1 aliphatic rings. The van der Waals surface area contributed by atoms with Crippen molar-refractivity contribution in [2.75, 3.05) is 18.5 Å². The molecule has 19 heavy (non-hydrogen) atoms. The first-order chi connectivity index (χ1) is 9.03. The SMILES string of the molecule is CCNc1ccc(S(=O)(=O)NC2CCOC2C)cc1. The number of ether oxygens (including phenoxy) is 1. The Balaban J connectivity index is 2.10. The fourth-order valence-electron chi connectivity index (χ4n) is 2.11. The van der Waals surface area contributed by atoms with Crippen molar-refractivity contribution in [1.29, 1.82) is 0 Å². The molecule has 0 saturated carbocycles. The van der Waals surface area contributed by atoms with Crippen LogP contribution in [-0.4, -0.2) is 33.7 Å². The van der Waals surface area contributed by atoms with E-state index in [0.717, 1.165) is 18.7 Å². The van der Waals surface area contributed by atoms with E-state index in [2.05, 4.69) is 10.0 Å². The van der Waals surface area contributed by atoms with Crippen LogP contribution in [0.25, 0.3) is 0 Å². The van der Waals surface area contributed by atoms with Gasteiger partial charge in [0.25, 0.3) is 0 Å². The van der Waals surface area contributed by atoms with E-state index in [1.807, 2.05) is 13.8 Å². The Bertz CT molecular complexity index is 513. The molecule has 0 amide bonds. The fraction of sp³-hybridized carbons (Fsp3) is 0.538. The molecule has 0 spiro atoms. The second kappa shape index (κ2) is 5.90. The normalized spacial score (nSPS) is 23.5. The molecule has 6 heteroatoms. The molecular weight excluding hydrogens is 264 g/mol. The minimum atomic E-state index is -3.47. The van der Waals surface area contributed by atoms with Gasteiger partial charge in [0.05, 0.1) is 17.0 Å². The predicted octanol–water partition coefficient (Wildman–Crippen LogP) is 1.57. The van der Waals surface area contributed by atoms with Crippen LogP contribution in [0, 0.1) is 0 Å². The third-order valence-electron chi connectivity index (χ3n) is 3.23. The van der Waals surface area contributed by atoms with Crippen LogP contribution < -0.4 is 10.0 Å². The maximum Gasteiger partial charge on any atom is 0.240 e. The Morgan fingerprint density at radius 2 is 2.00 bits per heavy atom. The molecule has 0 bridgehead atoms. The van der Waals surface area contributed by atoms with E-state index in [1.54, 1.807) is 24.3 Å². The van der Waals surface area contributed by atoms with E-state index in [-0.39, 0.29) is 17.0 Å². The van der Waals surface area contributed by atoms with Crippen LogP contribution in [0.1, 0.15) is 20.3 Å². The predicted molar refractivity (Wildman–Crippen MR) is 74.7 cm³/mol. The topological polar surface area (TPSA) is 67.4 Å². The van der Waals surface area contributed by atoms with Crippen molar-refractivity contribution in [1.82, 2.24) is 4.72 Å². The van der Waals surface area contributed by atoms with Crippen molar-refractivity contribution in [2.45, 2.75) is 37.3 Å². The second-order valence-corrected chi connectivity index (χ2v) is 6.36. The van der Waals surface area contributed by atoms with Gasteiger partial charge in [0, 0.05) is 18.8 Å². The molecule has 0 aliphatic carbocycles. The third-order valence-corrected chi connectivity index (χ3v) is 4.73. The summed E-state index contributed by atoms with van der Waals surface area (Å²) in [4.78, 5) is 0.285. The van der Waals surface area contributed by atoms with Gasteiger partial charge in [-0.2, -0.15) is 0 Å². The van der Waals surface area contributed by atoms with Crippen molar-refractivity contribution < 1.29 is 13.2 Å². The lowest BCUT2D eigenvalue weighted by Crippen LogP contribution is -2.39. The van der Waals surface area contributed by atoms with Crippen molar-refractivity contribution in [3.63, 3.8) is 0 Å². The summed E-state index contributed by atoms with van der Waals surface area (Å²) < 4.78 is 32.5. The molecular formula is C13H20N2O3S. The lowest BCUT2D eigenvalue weighted by atomic mass is 10.2. The second-order valence-electron chi connectivity index (χ2n) is 4.65. The summed E-state index contributed by atoms with van der Waals surface area (Å²) in [5.41, 5.74) is 0.916. The molecule has 1 aromatic rings. The first kappa shape index (κ1) is 14.3. The first-order valence-electron chi connectivity index (χ1n) is 6.51. The summed E-state index contributed by atoms with van der Waals surface area (Å²) in [6.07, 6.45) is 0.645. The van der Waals surface area contributed by atoms with E-state index >= 15 is 0 Å². The standard InChI is InChI=1S/C13H20N2O3S/c1-3-14-11-4-6-12(7-5-11)19(16,17)15-13-8-9-18-10(13)2/h4-7,10,13-15H,3,8-9H2,1-2H3. The van der Waals surface area contributed by atoms with Gasteiger partial charge in [-0.05, 0) is 44.5 Å². The van der Waals surface area contributed by atoms with Gasteiger partial charge in [-0.25, -0.2) is 13.1 Å². The van der Waals surface area contributed by atoms with Gasteiger partial charge in [-0.15, -0.1) is 0 Å². The molecule has 0 radical (unpaired) electrons. The van der Waals surface area contributed by atoms with Crippen molar-refractivity contribution in [3.05, 3.63) is 24.3 Å². The van der Waals surface area contributed by atoms with Crippen molar-refractivity contribution in [2.24, 2.45) is 0 Å². The largest absolute Gasteiger partial charge is 0.385 e. The molecule has 2 N–H and O–H groups in total. The Kier molecular flexibility index (Phi) is 4.44. The molecule has 1 heterocycles. The lowest BCUT2D eigenvalue weighted by molar-refractivity contribution is 0.117. The van der Waals surface area contributed by atoms with Gasteiger partial charge in [-0.1, -0.05) is 0 Å².